The Morgan fingerprint density at radius 2 is 2.00 bits per heavy atom. The van der Waals surface area contributed by atoms with Crippen LogP contribution in [0.3, 0.4) is 0 Å². The number of carbonyl (C=O) groups excluding carboxylic acids is 2. The molecule has 5 nitrogen and oxygen atoms in total. The lowest BCUT2D eigenvalue weighted by Crippen LogP contribution is -2.55. The fraction of sp³-hybridized carbons (Fsp3) is 0.529. The average Bonchev–Trinajstić information content (AvgIpc) is 2.50. The lowest BCUT2D eigenvalue weighted by molar-refractivity contribution is -0.138. The van der Waals surface area contributed by atoms with Gasteiger partial charge in [0.2, 0.25) is 11.8 Å². The van der Waals surface area contributed by atoms with Crippen LogP contribution in [0.15, 0.2) is 18.2 Å². The smallest absolute Gasteiger partial charge is 0.240 e. The maximum atomic E-state index is 13.3. The van der Waals surface area contributed by atoms with E-state index < -0.39 is 17.7 Å². The average molecular weight is 376 g/mol. The lowest BCUT2D eigenvalue weighted by Gasteiger charge is -2.33. The summed E-state index contributed by atoms with van der Waals surface area (Å²) in [6, 6.07) is 2.63. The Kier molecular flexibility index (Phi) is 8.78. The molecule has 0 saturated carbocycles. The van der Waals surface area contributed by atoms with Gasteiger partial charge in [-0.1, -0.05) is 13.3 Å². The van der Waals surface area contributed by atoms with Crippen LogP contribution in [-0.2, 0) is 16.1 Å². The minimum atomic E-state index is -0.667. The molecule has 25 heavy (non-hydrogen) atoms. The number of amides is 2. The van der Waals surface area contributed by atoms with Gasteiger partial charge in [-0.25, -0.2) is 8.78 Å². The summed E-state index contributed by atoms with van der Waals surface area (Å²) in [5, 5.41) is 5.81. The van der Waals surface area contributed by atoms with Crippen molar-refractivity contribution in [2.75, 3.05) is 19.6 Å². The summed E-state index contributed by atoms with van der Waals surface area (Å²) in [5.74, 6) is -1.73. The van der Waals surface area contributed by atoms with E-state index in [1.807, 2.05) is 6.92 Å². The molecule has 1 aromatic rings. The number of benzene rings is 1. The molecular weight excluding hydrogens is 352 g/mol. The van der Waals surface area contributed by atoms with Crippen LogP contribution in [0.5, 0.6) is 0 Å². The van der Waals surface area contributed by atoms with Gasteiger partial charge in [0.15, 0.2) is 0 Å². The van der Waals surface area contributed by atoms with E-state index in [2.05, 4.69) is 10.6 Å². The molecule has 0 aromatic heterocycles. The molecule has 2 rings (SSSR count). The molecule has 1 aliphatic heterocycles. The molecular formula is C17H24ClF2N3O2. The van der Waals surface area contributed by atoms with Gasteiger partial charge < -0.3 is 15.5 Å². The van der Waals surface area contributed by atoms with Crippen molar-refractivity contribution in [2.24, 2.45) is 0 Å². The highest BCUT2D eigenvalue weighted by molar-refractivity contribution is 5.88. The van der Waals surface area contributed by atoms with Crippen molar-refractivity contribution in [1.82, 2.24) is 15.5 Å². The standard InChI is InChI=1S/C17H23F2N3O2.ClH/c1-2-3-4-21-16(23)10-15-17(24)22(6-5-20-15)11-12-7-13(18)9-14(19)8-12;/h7-9,15,20H,2-6,10-11H2,1H3,(H,21,23);1H. The number of unbranched alkanes of at least 4 members (excludes halogenated alkanes) is 1. The molecule has 2 N–H and O–H groups in total. The summed E-state index contributed by atoms with van der Waals surface area (Å²) in [4.78, 5) is 25.8. The summed E-state index contributed by atoms with van der Waals surface area (Å²) in [7, 11) is 0. The Bertz CT molecular complexity index is 581. The summed E-state index contributed by atoms with van der Waals surface area (Å²) < 4.78 is 26.5. The van der Waals surface area contributed by atoms with Gasteiger partial charge in [-0.2, -0.15) is 0 Å². The molecule has 2 amide bonds. The molecule has 1 atom stereocenters. The third-order valence-electron chi connectivity index (χ3n) is 3.92. The monoisotopic (exact) mass is 375 g/mol. The SMILES string of the molecule is CCCCNC(=O)CC1NCCN(Cc2cc(F)cc(F)c2)C1=O.Cl. The first kappa shape index (κ1) is 21.3. The molecule has 1 saturated heterocycles. The molecule has 1 unspecified atom stereocenters. The molecule has 0 spiro atoms. The summed E-state index contributed by atoms with van der Waals surface area (Å²) in [5.41, 5.74) is 0.397. The zero-order valence-corrected chi connectivity index (χ0v) is 15.0. The van der Waals surface area contributed by atoms with E-state index in [1.165, 1.54) is 17.0 Å². The van der Waals surface area contributed by atoms with Crippen molar-refractivity contribution in [3.05, 3.63) is 35.4 Å². The lowest BCUT2D eigenvalue weighted by atomic mass is 10.1. The molecule has 8 heteroatoms. The first-order chi connectivity index (χ1) is 11.5. The normalized spacial score (nSPS) is 17.2. The van der Waals surface area contributed by atoms with E-state index in [-0.39, 0.29) is 37.2 Å². The van der Waals surface area contributed by atoms with Gasteiger partial charge in [0, 0.05) is 32.2 Å². The predicted octanol–water partition coefficient (Wildman–Crippen LogP) is 1.99. The first-order valence-corrected chi connectivity index (χ1v) is 8.23. The molecule has 0 bridgehead atoms. The summed E-state index contributed by atoms with van der Waals surface area (Å²) in [6.45, 7) is 3.73. The van der Waals surface area contributed by atoms with Gasteiger partial charge in [0.25, 0.3) is 0 Å². The minimum Gasteiger partial charge on any atom is -0.356 e. The third kappa shape index (κ3) is 6.59. The van der Waals surface area contributed by atoms with Crippen LogP contribution < -0.4 is 10.6 Å². The number of rotatable bonds is 7. The van der Waals surface area contributed by atoms with E-state index in [0.29, 0.717) is 25.2 Å². The van der Waals surface area contributed by atoms with Crippen LogP contribution in [0.1, 0.15) is 31.7 Å². The highest BCUT2D eigenvalue weighted by atomic mass is 35.5. The van der Waals surface area contributed by atoms with Crippen molar-refractivity contribution < 1.29 is 18.4 Å². The van der Waals surface area contributed by atoms with Crippen LogP contribution in [0.4, 0.5) is 8.78 Å². The first-order valence-electron chi connectivity index (χ1n) is 8.23. The molecule has 140 valence electrons. The van der Waals surface area contributed by atoms with Gasteiger partial charge >= 0.3 is 0 Å². The fourth-order valence-corrected chi connectivity index (χ4v) is 2.69. The number of carbonyl (C=O) groups is 2. The van der Waals surface area contributed by atoms with E-state index in [4.69, 9.17) is 0 Å². The molecule has 1 fully saturated rings. The largest absolute Gasteiger partial charge is 0.356 e. The summed E-state index contributed by atoms with van der Waals surface area (Å²) >= 11 is 0. The number of nitrogens with one attached hydrogen (secondary N) is 2. The third-order valence-corrected chi connectivity index (χ3v) is 3.92. The van der Waals surface area contributed by atoms with Crippen molar-refractivity contribution in [3.63, 3.8) is 0 Å². The Balaban J connectivity index is 0.00000312. The highest BCUT2D eigenvalue weighted by Gasteiger charge is 2.30. The quantitative estimate of drug-likeness (QED) is 0.716. The number of nitrogens with zero attached hydrogens (tertiary/aromatic N) is 1. The maximum Gasteiger partial charge on any atom is 0.240 e. The van der Waals surface area contributed by atoms with E-state index in [0.717, 1.165) is 18.9 Å². The topological polar surface area (TPSA) is 61.4 Å². The summed E-state index contributed by atoms with van der Waals surface area (Å²) in [6.07, 6.45) is 1.95. The van der Waals surface area contributed by atoms with Crippen LogP contribution in [0, 0.1) is 11.6 Å². The minimum absolute atomic E-state index is 0. The number of hydrogen-bond acceptors (Lipinski definition) is 3. The second-order valence-electron chi connectivity index (χ2n) is 5.95. The van der Waals surface area contributed by atoms with Crippen molar-refractivity contribution >= 4 is 24.2 Å². The van der Waals surface area contributed by atoms with E-state index in [9.17, 15) is 18.4 Å². The van der Waals surface area contributed by atoms with E-state index >= 15 is 0 Å². The molecule has 0 radical (unpaired) electrons. The van der Waals surface area contributed by atoms with Crippen LogP contribution >= 0.6 is 12.4 Å². The van der Waals surface area contributed by atoms with Gasteiger partial charge in [0.05, 0.1) is 12.5 Å². The number of piperazine rings is 1. The Labute approximate surface area is 152 Å². The van der Waals surface area contributed by atoms with Gasteiger partial charge in [-0.15, -0.1) is 12.4 Å². The molecule has 1 aliphatic rings. The Hall–Kier alpha value is -1.73. The van der Waals surface area contributed by atoms with Crippen molar-refractivity contribution in [3.8, 4) is 0 Å². The second-order valence-corrected chi connectivity index (χ2v) is 5.95. The zero-order valence-electron chi connectivity index (χ0n) is 14.2. The predicted molar refractivity (Wildman–Crippen MR) is 93.3 cm³/mol. The fourth-order valence-electron chi connectivity index (χ4n) is 2.69. The second kappa shape index (κ2) is 10.3. The molecule has 0 aliphatic carbocycles. The Morgan fingerprint density at radius 3 is 2.64 bits per heavy atom. The zero-order chi connectivity index (χ0) is 17.5. The molecule has 1 aromatic carbocycles. The van der Waals surface area contributed by atoms with E-state index in [1.54, 1.807) is 0 Å². The highest BCUT2D eigenvalue weighted by Crippen LogP contribution is 2.13. The van der Waals surface area contributed by atoms with Gasteiger partial charge in [0.1, 0.15) is 11.6 Å². The van der Waals surface area contributed by atoms with Crippen LogP contribution in [-0.4, -0.2) is 42.4 Å². The van der Waals surface area contributed by atoms with Gasteiger partial charge in [-0.3, -0.25) is 9.59 Å². The number of halogens is 3. The van der Waals surface area contributed by atoms with Crippen LogP contribution in [0.25, 0.3) is 0 Å². The number of hydrogen-bond donors (Lipinski definition) is 2. The van der Waals surface area contributed by atoms with Gasteiger partial charge in [-0.05, 0) is 24.1 Å². The maximum absolute atomic E-state index is 13.3. The van der Waals surface area contributed by atoms with Crippen LogP contribution in [0.2, 0.25) is 0 Å². The Morgan fingerprint density at radius 1 is 1.32 bits per heavy atom. The van der Waals surface area contributed by atoms with Crippen molar-refractivity contribution in [1.29, 1.82) is 0 Å². The molecule has 1 heterocycles. The van der Waals surface area contributed by atoms with Crippen molar-refractivity contribution in [2.45, 2.75) is 38.8 Å².